The van der Waals surface area contributed by atoms with E-state index in [2.05, 4.69) is 48.1 Å². The maximum Gasteiger partial charge on any atom is 0.643 e. The zero-order valence-corrected chi connectivity index (χ0v) is 23.9. The fraction of sp³-hybridized carbons (Fsp3) is 0.158. The van der Waals surface area contributed by atoms with E-state index in [-0.39, 0.29) is 5.75 Å². The largest absolute Gasteiger partial charge is 0.643 e. The van der Waals surface area contributed by atoms with Gasteiger partial charge in [0.1, 0.15) is 23.6 Å². The second-order valence-electron chi connectivity index (χ2n) is 6.24. The van der Waals surface area contributed by atoms with Gasteiger partial charge in [0, 0.05) is 35.2 Å². The number of hydrogen-bond donors (Lipinski definition) is 1. The minimum Gasteiger partial charge on any atom is -0.508 e. The minimum atomic E-state index is -1.72. The number of benzene rings is 2. The molecular weight excluding hydrogens is 637 g/mol. The molecule has 0 spiro atoms. The van der Waals surface area contributed by atoms with Crippen molar-refractivity contribution in [2.75, 3.05) is 7.11 Å². The van der Waals surface area contributed by atoms with Crippen LogP contribution in [0.1, 0.15) is 11.4 Å². The van der Waals surface area contributed by atoms with Crippen molar-refractivity contribution in [3.05, 3.63) is 44.6 Å². The van der Waals surface area contributed by atoms with E-state index in [0.717, 1.165) is 32.0 Å². The fourth-order valence-electron chi connectivity index (χ4n) is 2.91. The number of aryl methyl sites for hydroxylation is 2. The van der Waals surface area contributed by atoms with E-state index in [1.807, 2.05) is 18.2 Å². The molecule has 0 radical (unpaired) electrons. The minimum absolute atomic E-state index is 0.150. The highest BCUT2D eigenvalue weighted by Crippen LogP contribution is 2.32. The number of aromatic nitrogens is 4. The molecule has 8 nitrogen and oxygen atoms in total. The number of methoxy groups -OCH3 is 1. The second-order valence-corrected chi connectivity index (χ2v) is 14.4. The molecular formula is C19H14AlBr2Cl3N6O2. The van der Waals surface area contributed by atoms with Crippen LogP contribution in [0.15, 0.2) is 33.2 Å². The Morgan fingerprint density at radius 1 is 0.909 bits per heavy atom. The van der Waals surface area contributed by atoms with Crippen molar-refractivity contribution >= 4 is 95.2 Å². The van der Waals surface area contributed by atoms with E-state index >= 15 is 0 Å². The lowest BCUT2D eigenvalue weighted by atomic mass is 10.2. The lowest BCUT2D eigenvalue weighted by molar-refractivity contribution is 0.415. The van der Waals surface area contributed by atoms with Crippen molar-refractivity contribution in [1.82, 2.24) is 19.6 Å². The molecule has 0 atom stereocenters. The molecule has 170 valence electrons. The van der Waals surface area contributed by atoms with E-state index < -0.39 is 11.4 Å². The molecule has 2 aromatic heterocycles. The number of fused-ring (bicyclic) bond motifs is 2. The number of aromatic hydroxyl groups is 1. The third-order valence-electron chi connectivity index (χ3n) is 4.22. The zero-order valence-electron chi connectivity index (χ0n) is 17.3. The number of phenols is 1. The molecule has 2 heterocycles. The van der Waals surface area contributed by atoms with Crippen LogP contribution in [-0.2, 0) is 14.1 Å². The van der Waals surface area contributed by atoms with Gasteiger partial charge in [-0.25, -0.2) is 30.1 Å². The van der Waals surface area contributed by atoms with E-state index in [0.29, 0.717) is 15.9 Å². The van der Waals surface area contributed by atoms with Gasteiger partial charge in [-0.15, -0.1) is 0 Å². The number of rotatable bonds is 1. The van der Waals surface area contributed by atoms with Gasteiger partial charge in [0.25, 0.3) is 0 Å². The Hall–Kier alpha value is -1.68. The van der Waals surface area contributed by atoms with Crippen molar-refractivity contribution in [2.45, 2.75) is 0 Å². The van der Waals surface area contributed by atoms with Gasteiger partial charge < -0.3 is 9.84 Å². The van der Waals surface area contributed by atoms with Crippen LogP contribution in [-0.4, -0.2) is 43.2 Å². The third-order valence-corrected chi connectivity index (χ3v) is 5.47. The first kappa shape index (κ1) is 27.6. The highest BCUT2D eigenvalue weighted by Gasteiger charge is 2.13. The van der Waals surface area contributed by atoms with Gasteiger partial charge in [-0.05, 0) is 44.0 Å². The number of nitriles is 2. The molecule has 0 aliphatic rings. The van der Waals surface area contributed by atoms with E-state index in [1.54, 1.807) is 42.7 Å². The standard InChI is InChI=1S/C10H8BrN3O.C9H6BrN3O.Al.3ClH/c1-14-9-4-6(15-2)3-7(11)10(9)8(5-12)13-14;1-13-8-3-5(14)2-6(10)9(8)7(4-11)12-13;;;;/h3-4H,1-2H3;2-3,14H,1H3;;3*1H/q;;+3;;;/p-3. The van der Waals surface area contributed by atoms with Gasteiger partial charge in [0.05, 0.1) is 28.9 Å². The fourth-order valence-corrected chi connectivity index (χ4v) is 4.15. The lowest BCUT2D eigenvalue weighted by Gasteiger charge is -2.02. The zero-order chi connectivity index (χ0) is 24.9. The summed E-state index contributed by atoms with van der Waals surface area (Å²) in [5, 5.41) is 36.8. The third kappa shape index (κ3) is 6.68. The van der Waals surface area contributed by atoms with Crippen LogP contribution in [0, 0.1) is 22.7 Å². The van der Waals surface area contributed by atoms with Crippen LogP contribution in [0.5, 0.6) is 11.5 Å². The summed E-state index contributed by atoms with van der Waals surface area (Å²) in [5.41, 5.74) is 2.38. The first-order valence-electron chi connectivity index (χ1n) is 8.81. The van der Waals surface area contributed by atoms with Crippen molar-refractivity contribution in [2.24, 2.45) is 14.1 Å². The normalized spacial score (nSPS) is 9.88. The topological polar surface area (TPSA) is 113 Å². The summed E-state index contributed by atoms with van der Waals surface area (Å²) in [4.78, 5) is 0. The molecule has 0 saturated heterocycles. The van der Waals surface area contributed by atoms with Crippen molar-refractivity contribution in [3.63, 3.8) is 0 Å². The van der Waals surface area contributed by atoms with Crippen LogP contribution in [0.2, 0.25) is 0 Å². The van der Waals surface area contributed by atoms with E-state index in [4.69, 9.17) is 45.4 Å². The maximum atomic E-state index is 9.36. The molecule has 14 heteroatoms. The number of halogens is 5. The van der Waals surface area contributed by atoms with Crippen LogP contribution >= 0.6 is 62.0 Å². The molecule has 0 bridgehead atoms. The SMILES string of the molecule is COc1cc(Br)c2c(C#N)nn(C)c2c1.Cn1nc(C#N)c2c(Br)cc(O)cc21.[Cl][Al]([Cl])[Cl]. The molecule has 4 rings (SSSR count). The highest BCUT2D eigenvalue weighted by atomic mass is 79.9. The molecule has 1 N–H and O–H groups in total. The molecule has 0 saturated carbocycles. The van der Waals surface area contributed by atoms with Crippen molar-refractivity contribution in [3.8, 4) is 23.6 Å². The smallest absolute Gasteiger partial charge is 0.508 e. The molecule has 0 fully saturated rings. The predicted octanol–water partition coefficient (Wildman–Crippen LogP) is 5.82. The molecule has 0 aliphatic heterocycles. The Balaban J connectivity index is 0.000000202. The van der Waals surface area contributed by atoms with Gasteiger partial charge in [-0.2, -0.15) is 20.7 Å². The second kappa shape index (κ2) is 12.2. The van der Waals surface area contributed by atoms with E-state index in [9.17, 15) is 5.11 Å². The number of ether oxygens (including phenoxy) is 1. The Kier molecular flexibility index (Phi) is 10.1. The molecule has 33 heavy (non-hydrogen) atoms. The average Bonchev–Trinajstić information content (AvgIpc) is 3.25. The number of hydrogen-bond acceptors (Lipinski definition) is 6. The maximum absolute atomic E-state index is 9.36. The number of phenolic OH excluding ortho intramolecular Hbond substituents is 1. The Labute approximate surface area is 223 Å². The number of nitrogens with zero attached hydrogens (tertiary/aromatic N) is 6. The average molecular weight is 652 g/mol. The Morgan fingerprint density at radius 3 is 1.76 bits per heavy atom. The summed E-state index contributed by atoms with van der Waals surface area (Å²) >= 11 is 4.98. The first-order valence-corrected chi connectivity index (χ1v) is 15.6. The quantitative estimate of drug-likeness (QED) is 0.260. The first-order chi connectivity index (χ1) is 15.5. The Bertz CT molecular complexity index is 1390. The van der Waals surface area contributed by atoms with Gasteiger partial charge in [-0.1, -0.05) is 0 Å². The van der Waals surface area contributed by atoms with E-state index in [1.165, 1.54) is 0 Å². The van der Waals surface area contributed by atoms with Gasteiger partial charge in [-0.3, -0.25) is 9.36 Å². The Morgan fingerprint density at radius 2 is 1.33 bits per heavy atom. The van der Waals surface area contributed by atoms with Crippen LogP contribution in [0.25, 0.3) is 21.8 Å². The van der Waals surface area contributed by atoms with Crippen LogP contribution in [0.3, 0.4) is 0 Å². The highest BCUT2D eigenvalue weighted by molar-refractivity contribution is 9.11. The van der Waals surface area contributed by atoms with Crippen LogP contribution < -0.4 is 4.74 Å². The monoisotopic (exact) mass is 648 g/mol. The van der Waals surface area contributed by atoms with Crippen LogP contribution in [0.4, 0.5) is 0 Å². The van der Waals surface area contributed by atoms with Crippen molar-refractivity contribution < 1.29 is 9.84 Å². The lowest BCUT2D eigenvalue weighted by Crippen LogP contribution is -1.90. The molecule has 0 amide bonds. The summed E-state index contributed by atoms with van der Waals surface area (Å²) in [6.07, 6.45) is 0. The summed E-state index contributed by atoms with van der Waals surface area (Å²) in [5.74, 6) is 0.888. The predicted molar refractivity (Wildman–Crippen MR) is 138 cm³/mol. The summed E-state index contributed by atoms with van der Waals surface area (Å²) in [7, 11) is 20.0. The summed E-state index contributed by atoms with van der Waals surface area (Å²) in [6, 6.07) is 10.9. The van der Waals surface area contributed by atoms with Crippen molar-refractivity contribution in [1.29, 1.82) is 10.5 Å². The van der Waals surface area contributed by atoms with Gasteiger partial charge >= 0.3 is 11.4 Å². The molecule has 4 aromatic rings. The molecule has 2 aromatic carbocycles. The summed E-state index contributed by atoms with van der Waals surface area (Å²) < 4.78 is 9.88. The van der Waals surface area contributed by atoms with Gasteiger partial charge in [0.2, 0.25) is 0 Å². The van der Waals surface area contributed by atoms with Gasteiger partial charge in [0.15, 0.2) is 11.4 Å². The summed E-state index contributed by atoms with van der Waals surface area (Å²) in [6.45, 7) is 0. The molecule has 0 aliphatic carbocycles. The molecule has 0 unspecified atom stereocenters.